The third-order valence-electron chi connectivity index (χ3n) is 4.70. The van der Waals surface area contributed by atoms with Gasteiger partial charge in [-0.05, 0) is 74.0 Å². The van der Waals surface area contributed by atoms with Gasteiger partial charge in [0, 0.05) is 11.3 Å². The average Bonchev–Trinajstić information content (AvgIpc) is 3.17. The van der Waals surface area contributed by atoms with Crippen LogP contribution >= 0.6 is 0 Å². The van der Waals surface area contributed by atoms with Crippen molar-refractivity contribution < 1.29 is 13.9 Å². The zero-order valence-corrected chi connectivity index (χ0v) is 16.7. The molecule has 0 bridgehead atoms. The van der Waals surface area contributed by atoms with Gasteiger partial charge in [-0.2, -0.15) is 4.80 Å². The maximum absolute atomic E-state index is 13.1. The fraction of sp³-hybridized carbons (Fsp3) is 0.174. The number of anilines is 1. The van der Waals surface area contributed by atoms with Crippen LogP contribution in [-0.4, -0.2) is 27.0 Å². The molecule has 0 aliphatic rings. The molecular weight excluding hydrogens is 383 g/mol. The van der Waals surface area contributed by atoms with E-state index in [1.165, 1.54) is 16.9 Å². The summed E-state index contributed by atoms with van der Waals surface area (Å²) in [6, 6.07) is 18.3. The smallest absolute Gasteiger partial charge is 0.255 e. The molecule has 1 aromatic heterocycles. The minimum Gasteiger partial charge on any atom is -0.491 e. The Hall–Kier alpha value is -3.74. The third kappa shape index (κ3) is 4.30. The highest BCUT2D eigenvalue weighted by Crippen LogP contribution is 2.20. The maximum atomic E-state index is 13.1. The van der Waals surface area contributed by atoms with Gasteiger partial charge in [-0.3, -0.25) is 4.79 Å². The number of fused-ring (bicyclic) bond motifs is 1. The average molecular weight is 404 g/mol. The number of rotatable bonds is 6. The number of amides is 1. The molecule has 30 heavy (non-hydrogen) atoms. The minimum atomic E-state index is -0.320. The Balaban J connectivity index is 1.53. The second-order valence-electron chi connectivity index (χ2n) is 6.99. The largest absolute Gasteiger partial charge is 0.491 e. The summed E-state index contributed by atoms with van der Waals surface area (Å²) in [5.41, 5.74) is 3.04. The van der Waals surface area contributed by atoms with Crippen molar-refractivity contribution in [3.05, 3.63) is 78.1 Å². The molecule has 7 heteroatoms. The quantitative estimate of drug-likeness (QED) is 0.492. The predicted octanol–water partition coefficient (Wildman–Crippen LogP) is 4.99. The van der Waals surface area contributed by atoms with Crippen LogP contribution < -0.4 is 10.1 Å². The van der Waals surface area contributed by atoms with E-state index >= 15 is 0 Å². The Kier molecular flexibility index (Phi) is 5.43. The number of carbonyl (C=O) groups excluding carboxylic acids is 1. The van der Waals surface area contributed by atoms with Crippen LogP contribution in [0.2, 0.25) is 0 Å². The van der Waals surface area contributed by atoms with E-state index in [4.69, 9.17) is 4.74 Å². The van der Waals surface area contributed by atoms with Crippen LogP contribution in [0.4, 0.5) is 10.1 Å². The molecule has 0 radical (unpaired) electrons. The van der Waals surface area contributed by atoms with E-state index in [0.29, 0.717) is 33.7 Å². The van der Waals surface area contributed by atoms with Crippen molar-refractivity contribution in [2.75, 3.05) is 5.32 Å². The molecular formula is C23H21FN4O2. The van der Waals surface area contributed by atoms with Crippen molar-refractivity contribution in [2.45, 2.75) is 26.4 Å². The summed E-state index contributed by atoms with van der Waals surface area (Å²) in [7, 11) is 0. The normalized spacial score (nSPS) is 12.0. The molecule has 0 saturated carbocycles. The number of hydrogen-bond donors (Lipinski definition) is 1. The van der Waals surface area contributed by atoms with Gasteiger partial charge in [0.2, 0.25) is 0 Å². The van der Waals surface area contributed by atoms with Gasteiger partial charge in [-0.25, -0.2) is 4.39 Å². The Morgan fingerprint density at radius 3 is 2.60 bits per heavy atom. The lowest BCUT2D eigenvalue weighted by molar-refractivity contribution is 0.102. The summed E-state index contributed by atoms with van der Waals surface area (Å²) in [5, 5.41) is 11.7. The fourth-order valence-corrected chi connectivity index (χ4v) is 2.91. The highest BCUT2D eigenvalue weighted by Gasteiger charge is 2.11. The number of aromatic nitrogens is 3. The van der Waals surface area contributed by atoms with Crippen LogP contribution in [-0.2, 0) is 0 Å². The number of carbonyl (C=O) groups is 1. The van der Waals surface area contributed by atoms with Crippen LogP contribution in [0, 0.1) is 5.82 Å². The molecule has 6 nitrogen and oxygen atoms in total. The van der Waals surface area contributed by atoms with Crippen molar-refractivity contribution in [1.82, 2.24) is 15.0 Å². The predicted molar refractivity (Wildman–Crippen MR) is 114 cm³/mol. The first kappa shape index (κ1) is 19.6. The molecule has 1 atom stereocenters. The standard InChI is InChI=1S/C23H21FN4O2/c1-3-15(2)30-20-6-4-5-16(13-20)23(29)25-18-9-12-21-22(14-18)27-28(26-21)19-10-7-17(24)8-11-19/h4-15H,3H2,1-2H3,(H,25,29)/t15-/m0/s1. The number of nitrogens with zero attached hydrogens (tertiary/aromatic N) is 3. The zero-order valence-electron chi connectivity index (χ0n) is 16.7. The van der Waals surface area contributed by atoms with Gasteiger partial charge >= 0.3 is 0 Å². The van der Waals surface area contributed by atoms with E-state index in [1.807, 2.05) is 19.9 Å². The third-order valence-corrected chi connectivity index (χ3v) is 4.70. The topological polar surface area (TPSA) is 69.0 Å². The Labute approximate surface area is 173 Å². The van der Waals surface area contributed by atoms with Gasteiger partial charge in [0.05, 0.1) is 11.8 Å². The molecule has 4 aromatic rings. The molecule has 0 aliphatic heterocycles. The van der Waals surface area contributed by atoms with Crippen LogP contribution in [0.3, 0.4) is 0 Å². The second kappa shape index (κ2) is 8.32. The maximum Gasteiger partial charge on any atom is 0.255 e. The lowest BCUT2D eigenvalue weighted by Gasteiger charge is -2.13. The molecule has 3 aromatic carbocycles. The van der Waals surface area contributed by atoms with E-state index in [9.17, 15) is 9.18 Å². The molecule has 0 saturated heterocycles. The zero-order chi connectivity index (χ0) is 21.1. The fourth-order valence-electron chi connectivity index (χ4n) is 2.91. The molecule has 152 valence electrons. The van der Waals surface area contributed by atoms with E-state index in [2.05, 4.69) is 15.5 Å². The van der Waals surface area contributed by atoms with Crippen molar-refractivity contribution in [1.29, 1.82) is 0 Å². The molecule has 0 fully saturated rings. The highest BCUT2D eigenvalue weighted by atomic mass is 19.1. The number of hydrogen-bond acceptors (Lipinski definition) is 4. The highest BCUT2D eigenvalue weighted by molar-refractivity contribution is 6.05. The van der Waals surface area contributed by atoms with Crippen molar-refractivity contribution in [2.24, 2.45) is 0 Å². The Morgan fingerprint density at radius 1 is 1.07 bits per heavy atom. The summed E-state index contributed by atoms with van der Waals surface area (Å²) < 4.78 is 18.9. The van der Waals surface area contributed by atoms with Gasteiger partial charge in [0.1, 0.15) is 22.6 Å². The monoisotopic (exact) mass is 404 g/mol. The van der Waals surface area contributed by atoms with Crippen LogP contribution in [0.1, 0.15) is 30.6 Å². The molecule has 1 N–H and O–H groups in total. The van der Waals surface area contributed by atoms with Gasteiger partial charge < -0.3 is 10.1 Å². The first-order valence-corrected chi connectivity index (χ1v) is 9.73. The van der Waals surface area contributed by atoms with E-state index in [0.717, 1.165) is 6.42 Å². The molecule has 1 amide bonds. The van der Waals surface area contributed by atoms with Gasteiger partial charge in [0.15, 0.2) is 0 Å². The summed E-state index contributed by atoms with van der Waals surface area (Å²) in [6.07, 6.45) is 0.962. The van der Waals surface area contributed by atoms with Crippen LogP contribution in [0.15, 0.2) is 66.7 Å². The number of ether oxygens (including phenoxy) is 1. The van der Waals surface area contributed by atoms with Crippen LogP contribution in [0.5, 0.6) is 5.75 Å². The number of halogens is 1. The molecule has 0 aliphatic carbocycles. The van der Waals surface area contributed by atoms with Crippen LogP contribution in [0.25, 0.3) is 16.7 Å². The van der Waals surface area contributed by atoms with Gasteiger partial charge in [-0.15, -0.1) is 10.2 Å². The molecule has 1 heterocycles. The summed E-state index contributed by atoms with van der Waals surface area (Å²) in [5.74, 6) is 0.101. The number of nitrogens with one attached hydrogen (secondary N) is 1. The first-order valence-electron chi connectivity index (χ1n) is 9.73. The first-order chi connectivity index (χ1) is 14.5. The Bertz CT molecular complexity index is 1190. The molecule has 4 rings (SSSR count). The van der Waals surface area contributed by atoms with E-state index < -0.39 is 0 Å². The number of benzene rings is 3. The summed E-state index contributed by atoms with van der Waals surface area (Å²) in [4.78, 5) is 14.1. The van der Waals surface area contributed by atoms with Crippen molar-refractivity contribution in [3.63, 3.8) is 0 Å². The molecule has 0 spiro atoms. The summed E-state index contributed by atoms with van der Waals surface area (Å²) in [6.45, 7) is 4.03. The van der Waals surface area contributed by atoms with Crippen molar-refractivity contribution in [3.8, 4) is 11.4 Å². The van der Waals surface area contributed by atoms with E-state index in [-0.39, 0.29) is 17.8 Å². The molecule has 0 unspecified atom stereocenters. The van der Waals surface area contributed by atoms with Gasteiger partial charge in [-0.1, -0.05) is 13.0 Å². The van der Waals surface area contributed by atoms with E-state index in [1.54, 1.807) is 48.5 Å². The SMILES string of the molecule is CC[C@H](C)Oc1cccc(C(=O)Nc2ccc3nn(-c4ccc(F)cc4)nc3c2)c1. The van der Waals surface area contributed by atoms with Crippen molar-refractivity contribution >= 4 is 22.6 Å². The lowest BCUT2D eigenvalue weighted by atomic mass is 10.2. The van der Waals surface area contributed by atoms with Gasteiger partial charge in [0.25, 0.3) is 5.91 Å². The minimum absolute atomic E-state index is 0.0782. The lowest BCUT2D eigenvalue weighted by Crippen LogP contribution is -2.13. The Morgan fingerprint density at radius 2 is 1.83 bits per heavy atom. The second-order valence-corrected chi connectivity index (χ2v) is 6.99. The summed E-state index contributed by atoms with van der Waals surface area (Å²) >= 11 is 0.